The van der Waals surface area contributed by atoms with Crippen LogP contribution in [0, 0.1) is 0 Å². The normalized spacial score (nSPS) is 42.4. The van der Waals surface area contributed by atoms with E-state index >= 15 is 0 Å². The van der Waals surface area contributed by atoms with E-state index in [1.807, 2.05) is 27.7 Å². The van der Waals surface area contributed by atoms with Crippen LogP contribution in [0.1, 0.15) is 27.7 Å². The molecule has 0 spiro atoms. The van der Waals surface area contributed by atoms with Crippen LogP contribution < -0.4 is 0 Å². The third kappa shape index (κ3) is 1.47. The fourth-order valence-electron chi connectivity index (χ4n) is 1.39. The predicted molar refractivity (Wildman–Crippen MR) is 44.3 cm³/mol. The van der Waals surface area contributed by atoms with Gasteiger partial charge in [0, 0.05) is 0 Å². The molecule has 0 aromatic heterocycles. The maximum absolute atomic E-state index is 5.66. The molecule has 1 rings (SSSR count). The van der Waals surface area contributed by atoms with Crippen molar-refractivity contribution in [3.8, 4) is 0 Å². The van der Waals surface area contributed by atoms with Crippen LogP contribution in [-0.2, 0) is 9.47 Å². The molecular formula is C9H16O2. The van der Waals surface area contributed by atoms with Crippen molar-refractivity contribution in [3.05, 3.63) is 12.7 Å². The molecule has 1 fully saturated rings. The number of rotatable bonds is 1. The SMILES string of the molecule is C=C[C@@]1(C)OC(C)(C)O[C@@H]1C. The van der Waals surface area contributed by atoms with Crippen molar-refractivity contribution < 1.29 is 9.47 Å². The van der Waals surface area contributed by atoms with Gasteiger partial charge >= 0.3 is 0 Å². The summed E-state index contributed by atoms with van der Waals surface area (Å²) in [6, 6.07) is 0. The van der Waals surface area contributed by atoms with Crippen LogP contribution in [0.3, 0.4) is 0 Å². The zero-order valence-corrected chi connectivity index (χ0v) is 7.68. The van der Waals surface area contributed by atoms with Gasteiger partial charge in [0.2, 0.25) is 0 Å². The first-order valence-electron chi connectivity index (χ1n) is 3.91. The lowest BCUT2D eigenvalue weighted by atomic mass is 10.0. The molecule has 64 valence electrons. The quantitative estimate of drug-likeness (QED) is 0.541. The summed E-state index contributed by atoms with van der Waals surface area (Å²) in [4.78, 5) is 0. The van der Waals surface area contributed by atoms with Gasteiger partial charge in [-0.3, -0.25) is 0 Å². The van der Waals surface area contributed by atoms with E-state index in [0.29, 0.717) is 0 Å². The first-order chi connectivity index (χ1) is 4.90. The molecule has 1 aliphatic rings. The second-order valence-corrected chi connectivity index (χ2v) is 3.65. The average molecular weight is 156 g/mol. The van der Waals surface area contributed by atoms with Gasteiger partial charge in [-0.05, 0) is 27.7 Å². The Hall–Kier alpha value is -0.340. The van der Waals surface area contributed by atoms with Crippen LogP contribution in [0.5, 0.6) is 0 Å². The maximum atomic E-state index is 5.66. The number of hydrogen-bond donors (Lipinski definition) is 0. The summed E-state index contributed by atoms with van der Waals surface area (Å²) < 4.78 is 11.2. The average Bonchev–Trinajstić information content (AvgIpc) is 2.03. The summed E-state index contributed by atoms with van der Waals surface area (Å²) in [5.74, 6) is -0.470. The van der Waals surface area contributed by atoms with Crippen LogP contribution in [0.25, 0.3) is 0 Å². The molecule has 0 aliphatic carbocycles. The highest BCUT2D eigenvalue weighted by Gasteiger charge is 2.45. The molecule has 0 aromatic carbocycles. The third-order valence-corrected chi connectivity index (χ3v) is 2.14. The summed E-state index contributed by atoms with van der Waals surface area (Å²) in [6.45, 7) is 11.5. The van der Waals surface area contributed by atoms with Crippen LogP contribution >= 0.6 is 0 Å². The van der Waals surface area contributed by atoms with E-state index in [9.17, 15) is 0 Å². The Balaban J connectivity index is 2.81. The molecule has 0 aromatic rings. The van der Waals surface area contributed by atoms with Crippen molar-refractivity contribution in [2.75, 3.05) is 0 Å². The predicted octanol–water partition coefficient (Wildman–Crippen LogP) is 2.10. The number of hydrogen-bond acceptors (Lipinski definition) is 2. The van der Waals surface area contributed by atoms with E-state index in [1.54, 1.807) is 6.08 Å². The summed E-state index contributed by atoms with van der Waals surface area (Å²) in [7, 11) is 0. The van der Waals surface area contributed by atoms with Crippen molar-refractivity contribution in [3.63, 3.8) is 0 Å². The summed E-state index contributed by atoms with van der Waals surface area (Å²) in [6.07, 6.45) is 1.88. The molecule has 0 saturated carbocycles. The second-order valence-electron chi connectivity index (χ2n) is 3.65. The summed E-state index contributed by atoms with van der Waals surface area (Å²) in [5.41, 5.74) is -0.330. The van der Waals surface area contributed by atoms with Crippen LogP contribution in [0.4, 0.5) is 0 Å². The molecule has 0 radical (unpaired) electrons. The minimum atomic E-state index is -0.470. The van der Waals surface area contributed by atoms with E-state index in [4.69, 9.17) is 9.47 Å². The van der Waals surface area contributed by atoms with Gasteiger partial charge in [0.1, 0.15) is 5.60 Å². The molecular weight excluding hydrogens is 140 g/mol. The third-order valence-electron chi connectivity index (χ3n) is 2.14. The van der Waals surface area contributed by atoms with Crippen molar-refractivity contribution >= 4 is 0 Å². The van der Waals surface area contributed by atoms with Gasteiger partial charge in [-0.1, -0.05) is 6.08 Å². The summed E-state index contributed by atoms with van der Waals surface area (Å²) in [5, 5.41) is 0. The highest BCUT2D eigenvalue weighted by molar-refractivity contribution is 5.03. The Kier molecular flexibility index (Phi) is 1.85. The Morgan fingerprint density at radius 2 is 1.91 bits per heavy atom. The van der Waals surface area contributed by atoms with Gasteiger partial charge in [0.05, 0.1) is 6.10 Å². The fourth-order valence-corrected chi connectivity index (χ4v) is 1.39. The van der Waals surface area contributed by atoms with Crippen molar-refractivity contribution in [1.29, 1.82) is 0 Å². The Bertz CT molecular complexity index is 174. The van der Waals surface area contributed by atoms with Gasteiger partial charge in [-0.25, -0.2) is 0 Å². The van der Waals surface area contributed by atoms with Gasteiger partial charge in [0.25, 0.3) is 0 Å². The standard InChI is InChI=1S/C9H16O2/c1-6-9(5)7(2)10-8(3,4)11-9/h6-7H,1H2,2-5H3/t7-,9-/m1/s1. The van der Waals surface area contributed by atoms with Crippen molar-refractivity contribution in [2.24, 2.45) is 0 Å². The lowest BCUT2D eigenvalue weighted by molar-refractivity contribution is -0.152. The molecule has 0 N–H and O–H groups in total. The Morgan fingerprint density at radius 1 is 1.36 bits per heavy atom. The molecule has 2 atom stereocenters. The smallest absolute Gasteiger partial charge is 0.164 e. The number of ether oxygens (including phenoxy) is 2. The van der Waals surface area contributed by atoms with Gasteiger partial charge in [-0.2, -0.15) is 0 Å². The molecule has 1 aliphatic heterocycles. The molecule has 1 saturated heterocycles. The van der Waals surface area contributed by atoms with Gasteiger partial charge in [-0.15, -0.1) is 6.58 Å². The molecule has 1 heterocycles. The Labute approximate surface area is 68.2 Å². The van der Waals surface area contributed by atoms with Crippen molar-refractivity contribution in [1.82, 2.24) is 0 Å². The minimum absolute atomic E-state index is 0.0787. The first-order valence-corrected chi connectivity index (χ1v) is 3.91. The molecule has 2 nitrogen and oxygen atoms in total. The van der Waals surface area contributed by atoms with E-state index < -0.39 is 5.79 Å². The maximum Gasteiger partial charge on any atom is 0.164 e. The summed E-state index contributed by atoms with van der Waals surface area (Å²) >= 11 is 0. The zero-order chi connectivity index (χ0) is 8.70. The monoisotopic (exact) mass is 156 g/mol. The van der Waals surface area contributed by atoms with Crippen molar-refractivity contribution in [2.45, 2.75) is 45.2 Å². The zero-order valence-electron chi connectivity index (χ0n) is 7.68. The second kappa shape index (κ2) is 2.32. The highest BCUT2D eigenvalue weighted by atomic mass is 16.8. The molecule has 2 heteroatoms. The largest absolute Gasteiger partial charge is 0.344 e. The van der Waals surface area contributed by atoms with E-state index in [2.05, 4.69) is 6.58 Å². The van der Waals surface area contributed by atoms with Crippen LogP contribution in [-0.4, -0.2) is 17.5 Å². The Morgan fingerprint density at radius 3 is 2.09 bits per heavy atom. The van der Waals surface area contributed by atoms with E-state index in [0.717, 1.165) is 0 Å². The van der Waals surface area contributed by atoms with Crippen LogP contribution in [0.2, 0.25) is 0 Å². The van der Waals surface area contributed by atoms with Crippen LogP contribution in [0.15, 0.2) is 12.7 Å². The lowest BCUT2D eigenvalue weighted by Gasteiger charge is -2.22. The molecule has 0 amide bonds. The fraction of sp³-hybridized carbons (Fsp3) is 0.778. The van der Waals surface area contributed by atoms with E-state index in [1.165, 1.54) is 0 Å². The molecule has 11 heavy (non-hydrogen) atoms. The minimum Gasteiger partial charge on any atom is -0.344 e. The first kappa shape index (κ1) is 8.75. The lowest BCUT2D eigenvalue weighted by Crippen LogP contribution is -2.32. The topological polar surface area (TPSA) is 18.5 Å². The van der Waals surface area contributed by atoms with E-state index in [-0.39, 0.29) is 11.7 Å². The molecule has 0 unspecified atom stereocenters. The molecule has 0 bridgehead atoms. The highest BCUT2D eigenvalue weighted by Crippen LogP contribution is 2.36. The van der Waals surface area contributed by atoms with Gasteiger partial charge < -0.3 is 9.47 Å². The van der Waals surface area contributed by atoms with Gasteiger partial charge in [0.15, 0.2) is 5.79 Å².